The van der Waals surface area contributed by atoms with Crippen molar-refractivity contribution >= 4 is 32.5 Å². The van der Waals surface area contributed by atoms with Crippen molar-refractivity contribution in [3.63, 3.8) is 0 Å². The number of nitrogens with one attached hydrogen (secondary N) is 1. The van der Waals surface area contributed by atoms with Gasteiger partial charge >= 0.3 is 5.97 Å². The number of sulfonamides is 1. The molecule has 14 heavy (non-hydrogen) atoms. The molecule has 0 aliphatic heterocycles. The molecule has 0 fully saturated rings. The third-order valence-corrected chi connectivity index (χ3v) is 3.66. The fraction of sp³-hybridized carbons (Fsp3) is 0. The second-order valence-electron chi connectivity index (χ2n) is 2.45. The highest BCUT2D eigenvalue weighted by molar-refractivity contribution is 7.90. The molecule has 0 saturated heterocycles. The lowest BCUT2D eigenvalue weighted by atomic mass is 10.2. The summed E-state index contributed by atoms with van der Waals surface area (Å²) in [4.78, 5) is 10.5. The third kappa shape index (κ3) is 2.33. The number of hydrogen-bond donors (Lipinski definition) is 2. The van der Waals surface area contributed by atoms with E-state index in [1.807, 2.05) is 20.2 Å². The van der Waals surface area contributed by atoms with E-state index >= 15 is 0 Å². The highest BCUT2D eigenvalue weighted by atomic mass is 32.2. The van der Waals surface area contributed by atoms with Crippen molar-refractivity contribution in [1.82, 2.24) is 3.71 Å². The van der Waals surface area contributed by atoms with Crippen LogP contribution in [0.2, 0.25) is 0 Å². The van der Waals surface area contributed by atoms with Crippen molar-refractivity contribution in [2.45, 2.75) is 4.90 Å². The highest BCUT2D eigenvalue weighted by Crippen LogP contribution is 2.10. The van der Waals surface area contributed by atoms with Crippen molar-refractivity contribution in [3.8, 4) is 0 Å². The van der Waals surface area contributed by atoms with Gasteiger partial charge in [-0.2, -0.15) is 0 Å². The molecule has 0 aromatic heterocycles. The standard InChI is InChI=1S/C7H7NO4S.Al/c8-13(11,12)6-3-1-2-5(4-6)7(9)10;/h1-4H,(H3,8,9,10,11,12);/q;+1/p-1. The molecule has 2 radical (unpaired) electrons. The minimum absolute atomic E-state index is 0.0636. The number of carboxylic acid groups (broad SMARTS) is 1. The van der Waals surface area contributed by atoms with Gasteiger partial charge < -0.3 is 8.81 Å². The van der Waals surface area contributed by atoms with Gasteiger partial charge in [0, 0.05) is 0 Å². The molecule has 7 heteroatoms. The van der Waals surface area contributed by atoms with Gasteiger partial charge in [0.15, 0.2) is 0 Å². The average molecular weight is 227 g/mol. The van der Waals surface area contributed by atoms with Gasteiger partial charge in [-0.1, -0.05) is 6.07 Å². The van der Waals surface area contributed by atoms with Gasteiger partial charge in [-0.15, -0.1) is 0 Å². The van der Waals surface area contributed by atoms with Crippen LogP contribution in [0.25, 0.3) is 0 Å². The molecular formula is C7H6AlNO4S. The Morgan fingerprint density at radius 2 is 2.07 bits per heavy atom. The van der Waals surface area contributed by atoms with Crippen molar-refractivity contribution < 1.29 is 18.3 Å². The summed E-state index contributed by atoms with van der Waals surface area (Å²) in [6.45, 7) is 0. The molecule has 5 nitrogen and oxygen atoms in total. The molecule has 1 aromatic rings. The van der Waals surface area contributed by atoms with E-state index in [0.717, 1.165) is 6.07 Å². The smallest absolute Gasteiger partial charge is 0.335 e. The Bertz CT molecular complexity index is 457. The maximum atomic E-state index is 11.3. The van der Waals surface area contributed by atoms with Crippen molar-refractivity contribution in [2.24, 2.45) is 0 Å². The molecule has 2 N–H and O–H groups in total. The quantitative estimate of drug-likeness (QED) is 0.697. The third-order valence-electron chi connectivity index (χ3n) is 1.55. The van der Waals surface area contributed by atoms with E-state index in [1.165, 1.54) is 18.2 Å². The van der Waals surface area contributed by atoms with E-state index in [4.69, 9.17) is 5.11 Å². The molecule has 1 aromatic carbocycles. The monoisotopic (exact) mass is 227 g/mol. The first-order valence-electron chi connectivity index (χ1n) is 3.53. The Morgan fingerprint density at radius 3 is 2.57 bits per heavy atom. The molecule has 0 heterocycles. The Kier molecular flexibility index (Phi) is 3.29. The number of rotatable bonds is 3. The molecule has 0 atom stereocenters. The fourth-order valence-corrected chi connectivity index (χ4v) is 1.95. The van der Waals surface area contributed by atoms with Crippen LogP contribution in [-0.4, -0.2) is 36.0 Å². The number of carboxylic acids is 1. The van der Waals surface area contributed by atoms with Crippen molar-refractivity contribution in [3.05, 3.63) is 29.8 Å². The first-order chi connectivity index (χ1) is 6.47. The van der Waals surface area contributed by atoms with Gasteiger partial charge in [-0.3, -0.25) is 0 Å². The lowest BCUT2D eigenvalue weighted by molar-refractivity contribution is 0.0696. The second-order valence-corrected chi connectivity index (χ2v) is 4.88. The Morgan fingerprint density at radius 1 is 1.43 bits per heavy atom. The largest absolute Gasteiger partial charge is 0.478 e. The molecule has 0 aliphatic carbocycles. The van der Waals surface area contributed by atoms with E-state index in [9.17, 15) is 13.2 Å². The van der Waals surface area contributed by atoms with Crippen LogP contribution in [0, 0.1) is 0 Å². The van der Waals surface area contributed by atoms with Crippen LogP contribution >= 0.6 is 0 Å². The van der Waals surface area contributed by atoms with Gasteiger partial charge in [0.2, 0.25) is 10.0 Å². The Balaban J connectivity index is 3.26. The summed E-state index contributed by atoms with van der Waals surface area (Å²) in [7, 11) is -3.60. The normalized spacial score (nSPS) is 11.1. The summed E-state index contributed by atoms with van der Waals surface area (Å²) in [5, 5.41) is 8.63. The lowest BCUT2D eigenvalue weighted by Gasteiger charge is -2.03. The van der Waals surface area contributed by atoms with Crippen LogP contribution in [0.1, 0.15) is 10.4 Å². The predicted octanol–water partition coefficient (Wildman–Crippen LogP) is -0.253. The Hall–Kier alpha value is -0.868. The molecule has 72 valence electrons. The van der Waals surface area contributed by atoms with Crippen LogP contribution in [0.4, 0.5) is 0 Å². The van der Waals surface area contributed by atoms with Gasteiger partial charge in [0.05, 0.1) is 10.5 Å². The van der Waals surface area contributed by atoms with Gasteiger partial charge in [0.1, 0.15) is 0 Å². The lowest BCUT2D eigenvalue weighted by Crippen LogP contribution is -2.20. The number of hydrogen-bond acceptors (Lipinski definition) is 3. The van der Waals surface area contributed by atoms with Crippen LogP contribution in [0.3, 0.4) is 0 Å². The zero-order valence-corrected chi connectivity index (χ0v) is 8.94. The minimum Gasteiger partial charge on any atom is -0.478 e. The van der Waals surface area contributed by atoms with Gasteiger partial charge in [-0.25, -0.2) is 13.2 Å². The minimum atomic E-state index is -3.60. The van der Waals surface area contributed by atoms with Crippen molar-refractivity contribution in [1.29, 1.82) is 0 Å². The van der Waals surface area contributed by atoms with E-state index in [2.05, 4.69) is 0 Å². The summed E-state index contributed by atoms with van der Waals surface area (Å²) in [6.07, 6.45) is 0. The summed E-state index contributed by atoms with van der Waals surface area (Å²) >= 11 is 1.85. The van der Waals surface area contributed by atoms with E-state index in [1.54, 1.807) is 0 Å². The van der Waals surface area contributed by atoms with Crippen LogP contribution in [-0.2, 0) is 10.0 Å². The predicted molar refractivity (Wildman–Crippen MR) is 49.5 cm³/mol. The van der Waals surface area contributed by atoms with Gasteiger partial charge in [0.25, 0.3) is 16.5 Å². The molecule has 1 rings (SSSR count). The van der Waals surface area contributed by atoms with Gasteiger partial charge in [-0.05, 0) is 18.2 Å². The molecule has 0 saturated carbocycles. The maximum Gasteiger partial charge on any atom is 0.335 e. The SMILES string of the molecule is O=C(O)c1cccc(S(=O)(=O)[NH][Al])c1. The first-order valence-corrected chi connectivity index (χ1v) is 5.59. The molecule has 0 spiro atoms. The van der Waals surface area contributed by atoms with Crippen LogP contribution < -0.4 is 3.71 Å². The highest BCUT2D eigenvalue weighted by Gasteiger charge is 2.12. The van der Waals surface area contributed by atoms with Crippen molar-refractivity contribution in [2.75, 3.05) is 0 Å². The second kappa shape index (κ2) is 4.11. The molecule has 0 bridgehead atoms. The number of benzene rings is 1. The van der Waals surface area contributed by atoms with E-state index in [-0.39, 0.29) is 10.5 Å². The van der Waals surface area contributed by atoms with Crippen LogP contribution in [0.5, 0.6) is 0 Å². The summed E-state index contributed by atoms with van der Waals surface area (Å²) in [5.74, 6) is -1.16. The molecule has 0 aliphatic rings. The number of aromatic carboxylic acids is 1. The zero-order chi connectivity index (χ0) is 10.8. The molecule has 0 amide bonds. The summed E-state index contributed by atoms with van der Waals surface area (Å²) in [5.41, 5.74) is -0.0636. The van der Waals surface area contributed by atoms with E-state index < -0.39 is 16.0 Å². The van der Waals surface area contributed by atoms with E-state index in [0.29, 0.717) is 0 Å². The zero-order valence-electron chi connectivity index (χ0n) is 6.97. The number of carbonyl (C=O) groups is 1. The first kappa shape index (κ1) is 11.2. The average Bonchev–Trinajstić information content (AvgIpc) is 2.18. The fourth-order valence-electron chi connectivity index (χ4n) is 0.864. The van der Waals surface area contributed by atoms with Crippen LogP contribution in [0.15, 0.2) is 29.2 Å². The molecular weight excluding hydrogens is 221 g/mol. The maximum absolute atomic E-state index is 11.3. The molecule has 0 unspecified atom stereocenters. The summed E-state index contributed by atoms with van der Waals surface area (Å²) < 4.78 is 24.5. The Labute approximate surface area is 89.4 Å². The topological polar surface area (TPSA) is 83.5 Å². The summed E-state index contributed by atoms with van der Waals surface area (Å²) in [6, 6.07) is 5.11.